The smallest absolute Gasteiger partial charge is 0.338 e. The first-order valence-corrected chi connectivity index (χ1v) is 13.5. The van der Waals surface area contributed by atoms with E-state index in [-0.39, 0.29) is 6.42 Å². The molecule has 0 aliphatic carbocycles. The number of carbonyl (C=O) groups excluding carboxylic acids is 2. The Bertz CT molecular complexity index is 1090. The molecule has 1 aromatic rings. The van der Waals surface area contributed by atoms with Gasteiger partial charge in [0, 0.05) is 6.42 Å². The molecule has 0 radical (unpaired) electrons. The fraction of sp³-hybridized carbons (Fsp3) is 0.667. The van der Waals surface area contributed by atoms with E-state index in [9.17, 15) is 50.1 Å². The molecule has 0 spiro atoms. The van der Waals surface area contributed by atoms with E-state index in [4.69, 9.17) is 33.2 Å². The van der Waals surface area contributed by atoms with Crippen LogP contribution in [0.25, 0.3) is 0 Å². The van der Waals surface area contributed by atoms with Gasteiger partial charge in [-0.05, 0) is 12.5 Å². The number of aliphatic carboxylic acids is 1. The highest BCUT2D eigenvalue weighted by Gasteiger charge is 2.52. The number of hydrogen-bond donors (Lipinski definition) is 7. The van der Waals surface area contributed by atoms with Crippen molar-refractivity contribution in [2.24, 2.45) is 0 Å². The summed E-state index contributed by atoms with van der Waals surface area (Å²) in [5.41, 5.74) is 0.561. The summed E-state index contributed by atoms with van der Waals surface area (Å²) in [4.78, 5) is 37.6. The van der Waals surface area contributed by atoms with E-state index in [1.807, 2.05) is 0 Å². The maximum atomic E-state index is 12.9. The lowest BCUT2D eigenvalue weighted by Crippen LogP contribution is -2.63. The summed E-state index contributed by atoms with van der Waals surface area (Å²) in [5, 5.41) is 72.0. The maximum Gasteiger partial charge on any atom is 0.338 e. The van der Waals surface area contributed by atoms with E-state index in [2.05, 4.69) is 0 Å². The molecule has 2 saturated heterocycles. The highest BCUT2D eigenvalue weighted by molar-refractivity contribution is 5.85. The van der Waals surface area contributed by atoms with Crippen molar-refractivity contribution in [3.8, 4) is 0 Å². The summed E-state index contributed by atoms with van der Waals surface area (Å²) >= 11 is 0. The number of aliphatic hydroxyl groups is 6. The normalized spacial score (nSPS) is 34.4. The first kappa shape index (κ1) is 35.7. The monoisotopic (exact) mass is 634 g/mol. The Morgan fingerprint density at radius 2 is 1.32 bits per heavy atom. The molecule has 2 heterocycles. The SMILES string of the molecule is COC(=O)[C@H](O[C@H]1O[C@H](C)[C@H](O)[C@H](O)[C@H]1O)[C@@H](O[C@@H]1O[C@H](CO)[C@H](O)[C@H](O[C@@H](Cc2ccccc2)C(=O)O)[C@H]1O)C(=O)OC. The average molecular weight is 635 g/mol. The summed E-state index contributed by atoms with van der Waals surface area (Å²) in [6.45, 7) is 0.469. The van der Waals surface area contributed by atoms with Crippen molar-refractivity contribution in [1.82, 2.24) is 0 Å². The predicted octanol–water partition coefficient (Wildman–Crippen LogP) is -3.55. The van der Waals surface area contributed by atoms with Gasteiger partial charge in [0.2, 0.25) is 0 Å². The zero-order valence-electron chi connectivity index (χ0n) is 24.0. The fourth-order valence-corrected chi connectivity index (χ4v) is 4.69. The molecule has 0 unspecified atom stereocenters. The molecule has 0 amide bonds. The van der Waals surface area contributed by atoms with Crippen molar-refractivity contribution in [3.05, 3.63) is 35.9 Å². The quantitative estimate of drug-likeness (QED) is 0.104. The second kappa shape index (κ2) is 16.0. The third kappa shape index (κ3) is 8.26. The fourth-order valence-electron chi connectivity index (χ4n) is 4.69. The largest absolute Gasteiger partial charge is 0.479 e. The molecule has 0 aromatic heterocycles. The van der Waals surface area contributed by atoms with Crippen LogP contribution in [0.5, 0.6) is 0 Å². The first-order valence-electron chi connectivity index (χ1n) is 13.5. The molecule has 7 N–H and O–H groups in total. The van der Waals surface area contributed by atoms with Gasteiger partial charge in [0.05, 0.1) is 26.9 Å². The molecular formula is C27H38O17. The molecule has 248 valence electrons. The number of esters is 2. The number of carbonyl (C=O) groups is 3. The van der Waals surface area contributed by atoms with Crippen LogP contribution in [0, 0.1) is 0 Å². The van der Waals surface area contributed by atoms with Crippen LogP contribution in [0.1, 0.15) is 12.5 Å². The number of carboxylic acid groups (broad SMARTS) is 1. The zero-order chi connectivity index (χ0) is 32.7. The number of rotatable bonds is 13. The van der Waals surface area contributed by atoms with Crippen molar-refractivity contribution in [2.75, 3.05) is 20.8 Å². The van der Waals surface area contributed by atoms with Crippen molar-refractivity contribution in [1.29, 1.82) is 0 Å². The second-order valence-electron chi connectivity index (χ2n) is 10.2. The molecule has 2 fully saturated rings. The lowest BCUT2D eigenvalue weighted by atomic mass is 9.98. The van der Waals surface area contributed by atoms with E-state index in [1.165, 1.54) is 6.92 Å². The van der Waals surface area contributed by atoms with Crippen LogP contribution in [-0.2, 0) is 54.0 Å². The van der Waals surface area contributed by atoms with E-state index in [1.54, 1.807) is 30.3 Å². The lowest BCUT2D eigenvalue weighted by molar-refractivity contribution is -0.338. The molecule has 2 aliphatic rings. The number of aliphatic hydroxyl groups excluding tert-OH is 6. The van der Waals surface area contributed by atoms with Gasteiger partial charge in [-0.3, -0.25) is 0 Å². The minimum absolute atomic E-state index is 0.173. The number of benzene rings is 1. The number of ether oxygens (including phenoxy) is 7. The number of carboxylic acids is 1. The Hall–Kier alpha value is -2.81. The Kier molecular flexibility index (Phi) is 12.9. The van der Waals surface area contributed by atoms with E-state index in [0.29, 0.717) is 5.56 Å². The van der Waals surface area contributed by atoms with Crippen LogP contribution in [0.3, 0.4) is 0 Å². The maximum absolute atomic E-state index is 12.9. The van der Waals surface area contributed by atoms with Gasteiger partial charge >= 0.3 is 17.9 Å². The highest BCUT2D eigenvalue weighted by atomic mass is 16.8. The van der Waals surface area contributed by atoms with Gasteiger partial charge in [0.1, 0.15) is 42.7 Å². The van der Waals surface area contributed by atoms with E-state index < -0.39 is 104 Å². The average Bonchev–Trinajstić information content (AvgIpc) is 3.02. The number of methoxy groups -OCH3 is 2. The van der Waals surface area contributed by atoms with Gasteiger partial charge in [-0.15, -0.1) is 0 Å². The standard InChI is InChI=1S/C27H38O17/c1-11-15(29)17(31)18(32)26(40-11)43-21(24(36)38-2)22(25(37)39-3)44-27-19(33)20(16(30)14(10-28)42-27)41-13(23(34)35)9-12-7-5-4-6-8-12/h4-8,11,13-22,26-33H,9-10H2,1-3H3,(H,34,35)/t11-,13+,14-,15+,16+,17+,18-,19-,20+,21-,22-,26-,27+/m1/s1. The molecule has 3 rings (SSSR count). The zero-order valence-corrected chi connectivity index (χ0v) is 24.0. The minimum Gasteiger partial charge on any atom is -0.479 e. The Morgan fingerprint density at radius 1 is 0.773 bits per heavy atom. The van der Waals surface area contributed by atoms with Crippen LogP contribution in [0.15, 0.2) is 30.3 Å². The summed E-state index contributed by atoms with van der Waals surface area (Å²) in [6, 6.07) is 8.34. The van der Waals surface area contributed by atoms with Crippen LogP contribution in [0.2, 0.25) is 0 Å². The van der Waals surface area contributed by atoms with Crippen LogP contribution < -0.4 is 0 Å². The predicted molar refractivity (Wildman–Crippen MR) is 140 cm³/mol. The first-order chi connectivity index (χ1) is 20.8. The molecular weight excluding hydrogens is 596 g/mol. The lowest BCUT2D eigenvalue weighted by Gasteiger charge is -2.44. The molecule has 0 bridgehead atoms. The summed E-state index contributed by atoms with van der Waals surface area (Å²) in [7, 11) is 1.85. The summed E-state index contributed by atoms with van der Waals surface area (Å²) in [5.74, 6) is -3.99. The minimum atomic E-state index is -2.14. The molecule has 0 saturated carbocycles. The molecule has 44 heavy (non-hydrogen) atoms. The number of hydrogen-bond acceptors (Lipinski definition) is 16. The molecule has 1 aromatic carbocycles. The summed E-state index contributed by atoms with van der Waals surface area (Å²) < 4.78 is 36.9. The Morgan fingerprint density at radius 3 is 1.82 bits per heavy atom. The summed E-state index contributed by atoms with van der Waals surface area (Å²) in [6.07, 6.45) is -23.2. The van der Waals surface area contributed by atoms with Gasteiger partial charge < -0.3 is 68.9 Å². The van der Waals surface area contributed by atoms with Crippen LogP contribution >= 0.6 is 0 Å². The van der Waals surface area contributed by atoms with Crippen molar-refractivity contribution in [2.45, 2.75) is 93.1 Å². The van der Waals surface area contributed by atoms with Crippen LogP contribution in [-0.4, -0.2) is 154 Å². The third-order valence-electron chi connectivity index (χ3n) is 7.19. The van der Waals surface area contributed by atoms with Gasteiger partial charge in [0.25, 0.3) is 0 Å². The Balaban J connectivity index is 1.89. The molecule has 13 atom stereocenters. The molecule has 17 heteroatoms. The topological polar surface area (TPSA) is 257 Å². The molecule has 17 nitrogen and oxygen atoms in total. The Labute approximate surface area is 251 Å². The third-order valence-corrected chi connectivity index (χ3v) is 7.19. The van der Waals surface area contributed by atoms with Gasteiger partial charge in [-0.25, -0.2) is 14.4 Å². The highest BCUT2D eigenvalue weighted by Crippen LogP contribution is 2.30. The van der Waals surface area contributed by atoms with Gasteiger partial charge in [-0.2, -0.15) is 0 Å². The van der Waals surface area contributed by atoms with Gasteiger partial charge in [0.15, 0.2) is 30.9 Å². The van der Waals surface area contributed by atoms with Gasteiger partial charge in [-0.1, -0.05) is 30.3 Å². The van der Waals surface area contributed by atoms with Crippen LogP contribution in [0.4, 0.5) is 0 Å². The second-order valence-corrected chi connectivity index (χ2v) is 10.2. The van der Waals surface area contributed by atoms with E-state index in [0.717, 1.165) is 14.2 Å². The van der Waals surface area contributed by atoms with Crippen molar-refractivity contribution < 1.29 is 83.3 Å². The van der Waals surface area contributed by atoms with E-state index >= 15 is 0 Å². The van der Waals surface area contributed by atoms with Crippen molar-refractivity contribution in [3.63, 3.8) is 0 Å². The molecule has 2 aliphatic heterocycles. The van der Waals surface area contributed by atoms with Crippen molar-refractivity contribution >= 4 is 17.9 Å².